The minimum absolute atomic E-state index is 0.0513. The van der Waals surface area contributed by atoms with Crippen LogP contribution >= 0.6 is 46.4 Å². The fraction of sp³-hybridized carbons (Fsp3) is 0.531. The molecule has 2 aromatic carbocycles. The molecule has 0 saturated heterocycles. The lowest BCUT2D eigenvalue weighted by atomic mass is 10.0. The number of unbranched alkanes of at least 4 members (excludes halogenated alkanes) is 2. The first-order valence-corrected chi connectivity index (χ1v) is 33.3. The van der Waals surface area contributed by atoms with E-state index in [1.54, 1.807) is 24.5 Å². The number of aromatic nitrogens is 2. The van der Waals surface area contributed by atoms with Crippen molar-refractivity contribution in [1.82, 2.24) is 41.9 Å². The maximum Gasteiger partial charge on any atom is 0.305 e. The third-order valence-corrected chi connectivity index (χ3v) is 14.6. The van der Waals surface area contributed by atoms with E-state index in [-0.39, 0.29) is 152 Å². The summed E-state index contributed by atoms with van der Waals surface area (Å²) in [5.41, 5.74) is 12.6. The largest absolute Gasteiger partial charge is 0.481 e. The van der Waals surface area contributed by atoms with Crippen LogP contribution in [-0.2, 0) is 76.3 Å². The van der Waals surface area contributed by atoms with Crippen LogP contribution in [0.5, 0.6) is 0 Å². The molecule has 6 atom stereocenters. The molecule has 0 saturated carbocycles. The molecule has 4 rings (SSSR count). The number of benzene rings is 2. The van der Waals surface area contributed by atoms with Gasteiger partial charge >= 0.3 is 11.9 Å². The minimum atomic E-state index is -1.35. The van der Waals surface area contributed by atoms with E-state index in [2.05, 4.69) is 52.5 Å². The standard InChI is InChI=1S/C64H90Cl4N12O18/c65-45-33-43(34-46(66)37-45)49(39-57(83)84)79-61(87)51(77-55(81)11-3-7-15-73-53-9-1-5-13-71-53)41-97-31-29-95-27-25-93-23-21-91-19-17-75-63(89)59(69)60(70)64(90)76-18-20-92-22-24-94-26-28-96-30-32-98-42-52(78-56(82)12-4-8-16-74-54-10-2-6-14-72-54)62(88)80-50(40-58(85)86)44-35-47(67)38-48(68)36-44/h1-2,5-6,9-10,13-14,33-38,49-52,59-60H,3-4,7-8,11-12,15-32,39-42,69-70H2,(H,71,73)(H,72,74)(H,75,89)(H,76,90)(H,77,81)(H,78,82)(H,79,87)(H,80,88)(H,83,84)(H,85,86). The Bertz CT molecular complexity index is 2780. The number of anilines is 2. The van der Waals surface area contributed by atoms with Crippen LogP contribution in [0.15, 0.2) is 85.2 Å². The van der Waals surface area contributed by atoms with E-state index in [1.165, 1.54) is 36.4 Å². The Balaban J connectivity index is 1.00. The van der Waals surface area contributed by atoms with Crippen molar-refractivity contribution in [2.75, 3.05) is 143 Å². The highest BCUT2D eigenvalue weighted by Gasteiger charge is 2.30. The summed E-state index contributed by atoms with van der Waals surface area (Å²) < 4.78 is 44.6. The van der Waals surface area contributed by atoms with Gasteiger partial charge in [0.1, 0.15) is 35.8 Å². The van der Waals surface area contributed by atoms with Gasteiger partial charge in [0.05, 0.1) is 131 Å². The number of halogens is 4. The number of hydrogen-bond acceptors (Lipinski definition) is 22. The van der Waals surface area contributed by atoms with E-state index in [4.69, 9.17) is 95.8 Å². The number of pyridine rings is 2. The van der Waals surface area contributed by atoms with E-state index >= 15 is 0 Å². The summed E-state index contributed by atoms with van der Waals surface area (Å²) in [6.45, 7) is 3.06. The summed E-state index contributed by atoms with van der Waals surface area (Å²) in [5.74, 6) is -4.43. The van der Waals surface area contributed by atoms with Crippen molar-refractivity contribution in [2.45, 2.75) is 87.6 Å². The normalized spacial score (nSPS) is 13.0. The van der Waals surface area contributed by atoms with Crippen LogP contribution in [0.25, 0.3) is 0 Å². The van der Waals surface area contributed by atoms with Crippen molar-refractivity contribution in [2.24, 2.45) is 11.5 Å². The van der Waals surface area contributed by atoms with Crippen LogP contribution < -0.4 is 54.0 Å². The molecule has 14 N–H and O–H groups in total. The zero-order valence-corrected chi connectivity index (χ0v) is 57.4. The molecule has 4 aromatic rings. The second-order valence-electron chi connectivity index (χ2n) is 21.6. The molecule has 0 radical (unpaired) electrons. The monoisotopic (exact) mass is 1450 g/mol. The Hall–Kier alpha value is -7.14. The minimum Gasteiger partial charge on any atom is -0.481 e. The van der Waals surface area contributed by atoms with Gasteiger partial charge in [-0.1, -0.05) is 58.5 Å². The molecule has 34 heteroatoms. The number of amides is 6. The number of rotatable bonds is 55. The molecule has 0 aliphatic rings. The third-order valence-electron chi connectivity index (χ3n) is 13.8. The smallest absolute Gasteiger partial charge is 0.305 e. The number of aliphatic carboxylic acids is 2. The number of nitrogens with two attached hydrogens (primary N) is 2. The highest BCUT2D eigenvalue weighted by molar-refractivity contribution is 6.35. The lowest BCUT2D eigenvalue weighted by molar-refractivity contribution is -0.139. The maximum atomic E-state index is 13.6. The SMILES string of the molecule is NC(C(=O)NCCOCCOCCOCCOCC(NC(=O)CCCCNc1ccccn1)C(=O)NC(CC(=O)O)c1cc(Cl)cc(Cl)c1)C(N)C(=O)NCCOCCOCCOCCOCC(NC(=O)CCCCNc1ccccn1)C(=O)NC(CC(=O)O)c1cc(Cl)cc(Cl)c1. The molecule has 30 nitrogen and oxygen atoms in total. The zero-order valence-electron chi connectivity index (χ0n) is 54.3. The van der Waals surface area contributed by atoms with Crippen molar-refractivity contribution >= 4 is 105 Å². The summed E-state index contributed by atoms with van der Waals surface area (Å²) in [7, 11) is 0. The van der Waals surface area contributed by atoms with Crippen molar-refractivity contribution in [3.05, 3.63) is 116 Å². The van der Waals surface area contributed by atoms with Gasteiger partial charge in [-0.05, 0) is 97.5 Å². The molecule has 0 spiro atoms. The van der Waals surface area contributed by atoms with Gasteiger partial charge in [-0.2, -0.15) is 0 Å². The van der Waals surface area contributed by atoms with Gasteiger partial charge < -0.3 is 102 Å². The first-order chi connectivity index (χ1) is 47.3. The summed E-state index contributed by atoms with van der Waals surface area (Å²) in [4.78, 5) is 110. The number of carbonyl (C=O) groups is 8. The second-order valence-corrected chi connectivity index (χ2v) is 23.4. The van der Waals surface area contributed by atoms with E-state index in [0.717, 1.165) is 0 Å². The zero-order chi connectivity index (χ0) is 71.1. The van der Waals surface area contributed by atoms with Crippen LogP contribution in [-0.4, -0.2) is 224 Å². The Kier molecular flexibility index (Phi) is 42.7. The maximum absolute atomic E-state index is 13.6. The van der Waals surface area contributed by atoms with Gasteiger partial charge in [0.2, 0.25) is 35.4 Å². The van der Waals surface area contributed by atoms with E-state index in [0.29, 0.717) is 61.5 Å². The molecule has 98 heavy (non-hydrogen) atoms. The topological polar surface area (TPSA) is 425 Å². The lowest BCUT2D eigenvalue weighted by Gasteiger charge is -2.23. The predicted octanol–water partition coefficient (Wildman–Crippen LogP) is 3.61. The second kappa shape index (κ2) is 50.2. The third kappa shape index (κ3) is 37.7. The molecular formula is C64H90Cl4N12O18. The van der Waals surface area contributed by atoms with E-state index in [1.807, 2.05) is 24.3 Å². The van der Waals surface area contributed by atoms with Gasteiger partial charge in [-0.25, -0.2) is 9.97 Å². The Morgan fingerprint density at radius 1 is 0.408 bits per heavy atom. The molecule has 2 aromatic heterocycles. The van der Waals surface area contributed by atoms with Crippen molar-refractivity contribution < 1.29 is 86.5 Å². The van der Waals surface area contributed by atoms with E-state index in [9.17, 15) is 48.6 Å². The molecule has 6 amide bonds. The van der Waals surface area contributed by atoms with Gasteiger partial charge in [0.15, 0.2) is 0 Å². The molecule has 0 aliphatic heterocycles. The fourth-order valence-electron chi connectivity index (χ4n) is 8.82. The van der Waals surface area contributed by atoms with Crippen LogP contribution in [0.2, 0.25) is 20.1 Å². The molecular weight excluding hydrogens is 1370 g/mol. The molecule has 0 bridgehead atoms. The summed E-state index contributed by atoms with van der Waals surface area (Å²) in [6.07, 6.45) is 4.92. The fourth-order valence-corrected chi connectivity index (χ4v) is 9.90. The first-order valence-electron chi connectivity index (χ1n) is 31.8. The van der Waals surface area contributed by atoms with Gasteiger partial charge in [-0.15, -0.1) is 0 Å². The number of ether oxygens (including phenoxy) is 8. The molecule has 0 aliphatic carbocycles. The van der Waals surface area contributed by atoms with E-state index < -0.39 is 96.5 Å². The number of carboxylic acid groups (broad SMARTS) is 2. The van der Waals surface area contributed by atoms with Gasteiger partial charge in [-0.3, -0.25) is 38.4 Å². The van der Waals surface area contributed by atoms with Crippen LogP contribution in [0.1, 0.15) is 74.6 Å². The predicted molar refractivity (Wildman–Crippen MR) is 365 cm³/mol. The Morgan fingerprint density at radius 2 is 0.735 bits per heavy atom. The summed E-state index contributed by atoms with van der Waals surface area (Å²) in [5, 5.41) is 42.5. The average molecular weight is 1460 g/mol. The van der Waals surface area contributed by atoms with Crippen molar-refractivity contribution in [3.8, 4) is 0 Å². The van der Waals surface area contributed by atoms with Crippen LogP contribution in [0.4, 0.5) is 11.6 Å². The van der Waals surface area contributed by atoms with Crippen LogP contribution in [0.3, 0.4) is 0 Å². The summed E-state index contributed by atoms with van der Waals surface area (Å²) in [6, 6.07) is 12.8. The van der Waals surface area contributed by atoms with Gasteiger partial charge in [0, 0.05) is 71.5 Å². The Morgan fingerprint density at radius 3 is 1.05 bits per heavy atom. The highest BCUT2D eigenvalue weighted by Crippen LogP contribution is 2.27. The number of carbonyl (C=O) groups excluding carboxylic acids is 6. The first kappa shape index (κ1) is 83.3. The summed E-state index contributed by atoms with van der Waals surface area (Å²) >= 11 is 24.7. The average Bonchev–Trinajstić information content (AvgIpc) is 0.866. The lowest BCUT2D eigenvalue weighted by Crippen LogP contribution is -2.58. The molecule has 6 unspecified atom stereocenters. The number of nitrogens with one attached hydrogen (secondary N) is 8. The van der Waals surface area contributed by atoms with Crippen LogP contribution in [0, 0.1) is 0 Å². The Labute approximate surface area is 588 Å². The molecule has 0 fully saturated rings. The number of nitrogens with zero attached hydrogens (tertiary/aromatic N) is 2. The van der Waals surface area contributed by atoms with Crippen molar-refractivity contribution in [3.63, 3.8) is 0 Å². The van der Waals surface area contributed by atoms with Crippen molar-refractivity contribution in [1.29, 1.82) is 0 Å². The highest BCUT2D eigenvalue weighted by atomic mass is 35.5. The van der Waals surface area contributed by atoms with Gasteiger partial charge in [0.25, 0.3) is 0 Å². The number of carboxylic acids is 2. The molecule has 2 heterocycles. The quantitative estimate of drug-likeness (QED) is 0.0281. The number of hydrogen-bond donors (Lipinski definition) is 12. The molecule has 542 valence electrons.